The van der Waals surface area contributed by atoms with E-state index in [1.165, 1.54) is 11.8 Å². The Bertz CT molecular complexity index is 801. The van der Waals surface area contributed by atoms with Crippen LogP contribution in [0.5, 0.6) is 5.75 Å². The molecule has 0 unspecified atom stereocenters. The van der Waals surface area contributed by atoms with Crippen LogP contribution in [-0.2, 0) is 19.7 Å². The number of halogens is 1. The highest BCUT2D eigenvalue weighted by Crippen LogP contribution is 2.24. The summed E-state index contributed by atoms with van der Waals surface area (Å²) in [5.41, 5.74) is 1.70. The van der Waals surface area contributed by atoms with E-state index in [4.69, 9.17) is 21.1 Å². The van der Waals surface area contributed by atoms with Crippen LogP contribution in [0.2, 0.25) is 5.15 Å². The minimum Gasteiger partial charge on any atom is -0.494 e. The molecule has 7 heteroatoms. The Morgan fingerprint density at radius 3 is 2.50 bits per heavy atom. The van der Waals surface area contributed by atoms with Gasteiger partial charge in [0.05, 0.1) is 12.3 Å². The van der Waals surface area contributed by atoms with Crippen molar-refractivity contribution in [3.63, 3.8) is 0 Å². The lowest BCUT2D eigenvalue weighted by molar-refractivity contribution is -0.147. The van der Waals surface area contributed by atoms with Gasteiger partial charge in [0.1, 0.15) is 5.75 Å². The number of hydrogen-bond donors (Lipinski definition) is 1. The number of amides is 1. The maximum atomic E-state index is 11.8. The molecule has 0 aliphatic heterocycles. The topological polar surface area (TPSA) is 77.5 Å². The molecular weight excluding hydrogens is 380 g/mol. The van der Waals surface area contributed by atoms with Crippen molar-refractivity contribution in [2.24, 2.45) is 0 Å². The van der Waals surface area contributed by atoms with Crippen LogP contribution in [0.4, 0.5) is 5.69 Å². The third kappa shape index (κ3) is 7.19. The van der Waals surface area contributed by atoms with Crippen LogP contribution in [0.3, 0.4) is 0 Å². The Morgan fingerprint density at radius 1 is 1.14 bits per heavy atom. The van der Waals surface area contributed by atoms with Gasteiger partial charge in [0.25, 0.3) is 5.91 Å². The zero-order valence-corrected chi connectivity index (χ0v) is 17.1. The number of rotatable bonds is 8. The smallest absolute Gasteiger partial charge is 0.306 e. The summed E-state index contributed by atoms with van der Waals surface area (Å²) in [5.74, 6) is -0.174. The summed E-state index contributed by atoms with van der Waals surface area (Å²) in [6, 6.07) is 11.2. The van der Waals surface area contributed by atoms with Crippen LogP contribution in [0, 0.1) is 0 Å². The maximum Gasteiger partial charge on any atom is 0.306 e. The van der Waals surface area contributed by atoms with E-state index >= 15 is 0 Å². The van der Waals surface area contributed by atoms with Gasteiger partial charge < -0.3 is 14.8 Å². The summed E-state index contributed by atoms with van der Waals surface area (Å²) < 4.78 is 10.6. The second-order valence-corrected chi connectivity index (χ2v) is 7.64. The molecule has 1 N–H and O–H groups in total. The van der Waals surface area contributed by atoms with Crippen LogP contribution < -0.4 is 10.1 Å². The number of ether oxygens (including phenoxy) is 2. The van der Waals surface area contributed by atoms with Crippen molar-refractivity contribution in [1.82, 2.24) is 4.98 Å². The molecule has 1 aromatic carbocycles. The highest BCUT2D eigenvalue weighted by molar-refractivity contribution is 6.32. The van der Waals surface area contributed by atoms with Crippen molar-refractivity contribution < 1.29 is 19.1 Å². The van der Waals surface area contributed by atoms with Crippen molar-refractivity contribution in [3.05, 3.63) is 53.3 Å². The molecule has 150 valence electrons. The first-order chi connectivity index (χ1) is 13.3. The molecule has 0 fully saturated rings. The molecule has 0 bridgehead atoms. The Morgan fingerprint density at radius 2 is 1.86 bits per heavy atom. The summed E-state index contributed by atoms with van der Waals surface area (Å²) in [6.45, 7) is 6.47. The lowest BCUT2D eigenvalue weighted by Crippen LogP contribution is -2.21. The molecule has 0 radical (unpaired) electrons. The molecule has 1 amide bonds. The number of hydrogen-bond acceptors (Lipinski definition) is 5. The standard InChI is InChI=1S/C21H25ClN2O4/c1-21(2,3)15-8-10-16(11-9-15)27-13-5-7-19(26)28-14-18(25)24-17-6-4-12-23-20(17)22/h4,6,8-12H,5,7,13-14H2,1-3H3,(H,24,25). The quantitative estimate of drug-likeness (QED) is 0.401. The van der Waals surface area contributed by atoms with Crippen molar-refractivity contribution in [3.8, 4) is 5.75 Å². The number of esters is 1. The largest absolute Gasteiger partial charge is 0.494 e. The molecule has 2 rings (SSSR count). The van der Waals surface area contributed by atoms with Gasteiger partial charge in [0, 0.05) is 12.6 Å². The number of nitrogens with zero attached hydrogens (tertiary/aromatic N) is 1. The summed E-state index contributed by atoms with van der Waals surface area (Å²) in [5, 5.41) is 2.71. The van der Waals surface area contributed by atoms with Crippen molar-refractivity contribution >= 4 is 29.2 Å². The van der Waals surface area contributed by atoms with Gasteiger partial charge in [0.2, 0.25) is 0 Å². The molecule has 0 spiro atoms. The van der Waals surface area contributed by atoms with Gasteiger partial charge in [-0.05, 0) is 41.7 Å². The molecule has 1 heterocycles. The van der Waals surface area contributed by atoms with Gasteiger partial charge in [-0.3, -0.25) is 9.59 Å². The minimum atomic E-state index is -0.474. The second kappa shape index (κ2) is 10.1. The Balaban J connectivity index is 1.63. The zero-order chi connectivity index (χ0) is 20.6. The van der Waals surface area contributed by atoms with Gasteiger partial charge >= 0.3 is 5.97 Å². The average molecular weight is 405 g/mol. The number of benzene rings is 1. The summed E-state index contributed by atoms with van der Waals surface area (Å²) in [6.07, 6.45) is 2.18. The molecule has 0 atom stereocenters. The highest BCUT2D eigenvalue weighted by atomic mass is 35.5. The summed E-state index contributed by atoms with van der Waals surface area (Å²) >= 11 is 5.85. The molecule has 0 saturated heterocycles. The lowest BCUT2D eigenvalue weighted by atomic mass is 9.87. The second-order valence-electron chi connectivity index (χ2n) is 7.28. The molecule has 2 aromatic rings. The van der Waals surface area contributed by atoms with Crippen LogP contribution in [0.15, 0.2) is 42.6 Å². The van der Waals surface area contributed by atoms with Gasteiger partial charge in [0.15, 0.2) is 11.8 Å². The molecule has 0 aliphatic carbocycles. The van der Waals surface area contributed by atoms with E-state index in [9.17, 15) is 9.59 Å². The molecular formula is C21H25ClN2O4. The number of anilines is 1. The fraction of sp³-hybridized carbons (Fsp3) is 0.381. The van der Waals surface area contributed by atoms with Crippen LogP contribution >= 0.6 is 11.6 Å². The minimum absolute atomic E-state index is 0.0942. The first-order valence-electron chi connectivity index (χ1n) is 9.05. The molecule has 28 heavy (non-hydrogen) atoms. The molecule has 6 nitrogen and oxygen atoms in total. The highest BCUT2D eigenvalue weighted by Gasteiger charge is 2.13. The van der Waals surface area contributed by atoms with E-state index in [1.54, 1.807) is 12.1 Å². The predicted molar refractivity (Wildman–Crippen MR) is 109 cm³/mol. The third-order valence-corrected chi connectivity index (χ3v) is 4.21. The maximum absolute atomic E-state index is 11.8. The fourth-order valence-electron chi connectivity index (χ4n) is 2.34. The van der Waals surface area contributed by atoms with E-state index in [1.807, 2.05) is 24.3 Å². The first kappa shape index (κ1) is 21.7. The predicted octanol–water partition coefficient (Wildman–Crippen LogP) is 4.37. The zero-order valence-electron chi connectivity index (χ0n) is 16.3. The third-order valence-electron chi connectivity index (χ3n) is 3.91. The number of nitrogens with one attached hydrogen (secondary N) is 1. The van der Waals surface area contributed by atoms with Crippen molar-refractivity contribution in [2.75, 3.05) is 18.5 Å². The van der Waals surface area contributed by atoms with Gasteiger partial charge in [-0.25, -0.2) is 4.98 Å². The van der Waals surface area contributed by atoms with Crippen LogP contribution in [0.25, 0.3) is 0 Å². The number of carbonyl (C=O) groups is 2. The van der Waals surface area contributed by atoms with Crippen molar-refractivity contribution in [2.45, 2.75) is 39.0 Å². The summed E-state index contributed by atoms with van der Waals surface area (Å²) in [7, 11) is 0. The lowest BCUT2D eigenvalue weighted by Gasteiger charge is -2.19. The normalized spacial score (nSPS) is 11.0. The number of pyridine rings is 1. The first-order valence-corrected chi connectivity index (χ1v) is 9.43. The van der Waals surface area contributed by atoms with E-state index in [-0.39, 0.29) is 23.6 Å². The Labute approximate surface area is 170 Å². The monoisotopic (exact) mass is 404 g/mol. The van der Waals surface area contributed by atoms with E-state index < -0.39 is 11.9 Å². The van der Waals surface area contributed by atoms with Crippen molar-refractivity contribution in [1.29, 1.82) is 0 Å². The van der Waals surface area contributed by atoms with Crippen LogP contribution in [-0.4, -0.2) is 30.1 Å². The van der Waals surface area contributed by atoms with E-state index in [2.05, 4.69) is 31.1 Å². The SMILES string of the molecule is CC(C)(C)c1ccc(OCCCC(=O)OCC(=O)Nc2cccnc2Cl)cc1. The Kier molecular flexibility index (Phi) is 7.81. The Hall–Kier alpha value is -2.60. The average Bonchev–Trinajstić information content (AvgIpc) is 2.65. The van der Waals surface area contributed by atoms with E-state index in [0.717, 1.165) is 5.75 Å². The van der Waals surface area contributed by atoms with Gasteiger partial charge in [-0.1, -0.05) is 44.5 Å². The van der Waals surface area contributed by atoms with E-state index in [0.29, 0.717) is 18.7 Å². The number of aromatic nitrogens is 1. The molecule has 0 saturated carbocycles. The molecule has 0 aliphatic rings. The summed E-state index contributed by atoms with van der Waals surface area (Å²) in [4.78, 5) is 27.4. The van der Waals surface area contributed by atoms with Gasteiger partial charge in [-0.2, -0.15) is 0 Å². The fourth-order valence-corrected chi connectivity index (χ4v) is 2.51. The van der Waals surface area contributed by atoms with Crippen LogP contribution in [0.1, 0.15) is 39.2 Å². The number of carbonyl (C=O) groups excluding carboxylic acids is 2. The van der Waals surface area contributed by atoms with Gasteiger partial charge in [-0.15, -0.1) is 0 Å². The molecule has 1 aromatic heterocycles.